The van der Waals surface area contributed by atoms with Crippen LogP contribution in [0.3, 0.4) is 0 Å². The van der Waals surface area contributed by atoms with Crippen molar-refractivity contribution in [1.29, 1.82) is 0 Å². The highest BCUT2D eigenvalue weighted by Crippen LogP contribution is 2.20. The molecule has 0 radical (unpaired) electrons. The van der Waals surface area contributed by atoms with E-state index in [9.17, 15) is 9.59 Å². The van der Waals surface area contributed by atoms with Crippen molar-refractivity contribution in [3.8, 4) is 0 Å². The fourth-order valence-corrected chi connectivity index (χ4v) is 6.09. The van der Waals surface area contributed by atoms with Gasteiger partial charge in [-0.15, -0.1) is 0 Å². The van der Waals surface area contributed by atoms with E-state index in [1.807, 2.05) is 0 Å². The van der Waals surface area contributed by atoms with Crippen LogP contribution in [0.5, 0.6) is 0 Å². The molecule has 0 spiro atoms. The minimum atomic E-state index is -0.619. The van der Waals surface area contributed by atoms with Crippen molar-refractivity contribution in [2.24, 2.45) is 5.92 Å². The molecule has 0 heterocycles. The summed E-state index contributed by atoms with van der Waals surface area (Å²) in [7, 11) is 0. The van der Waals surface area contributed by atoms with Gasteiger partial charge >= 0.3 is 12.1 Å². The fraction of sp³-hybridized carbons (Fsp3) is 0.949. The number of carbonyl (C=O) groups is 2. The van der Waals surface area contributed by atoms with Crippen LogP contribution in [-0.4, -0.2) is 80.0 Å². The van der Waals surface area contributed by atoms with Crippen LogP contribution >= 0.6 is 0 Å². The van der Waals surface area contributed by atoms with E-state index in [1.54, 1.807) is 0 Å². The van der Waals surface area contributed by atoms with Gasteiger partial charge < -0.3 is 19.1 Å². The summed E-state index contributed by atoms with van der Waals surface area (Å²) in [5, 5.41) is 0. The predicted molar refractivity (Wildman–Crippen MR) is 195 cm³/mol. The van der Waals surface area contributed by atoms with E-state index < -0.39 is 6.16 Å². The minimum absolute atomic E-state index is 0.172. The maximum Gasteiger partial charge on any atom is 0.508 e. The van der Waals surface area contributed by atoms with Gasteiger partial charge in [-0.2, -0.15) is 0 Å². The molecule has 2 atom stereocenters. The Morgan fingerprint density at radius 3 is 1.70 bits per heavy atom. The maximum atomic E-state index is 12.8. The maximum absolute atomic E-state index is 12.8. The van der Waals surface area contributed by atoms with Crippen molar-refractivity contribution in [2.45, 2.75) is 189 Å². The van der Waals surface area contributed by atoms with Crippen LogP contribution in [0, 0.1) is 5.92 Å². The average Bonchev–Trinajstić information content (AvgIpc) is 3.04. The topological polar surface area (TPSA) is 68.3 Å². The smallest absolute Gasteiger partial charge is 0.465 e. The average molecular weight is 655 g/mol. The van der Waals surface area contributed by atoms with Crippen molar-refractivity contribution in [2.75, 3.05) is 45.9 Å². The minimum Gasteiger partial charge on any atom is -0.465 e. The van der Waals surface area contributed by atoms with Crippen LogP contribution in [0.25, 0.3) is 0 Å². The summed E-state index contributed by atoms with van der Waals surface area (Å²) in [4.78, 5) is 30.3. The molecular formula is C39H78N2O5. The molecule has 7 nitrogen and oxygen atoms in total. The van der Waals surface area contributed by atoms with Gasteiger partial charge in [-0.05, 0) is 84.5 Å². The Bertz CT molecular complexity index is 685. The van der Waals surface area contributed by atoms with Gasteiger partial charge in [-0.25, -0.2) is 4.79 Å². The van der Waals surface area contributed by atoms with E-state index in [-0.39, 0.29) is 18.5 Å². The highest BCUT2D eigenvalue weighted by atomic mass is 16.7. The van der Waals surface area contributed by atoms with Gasteiger partial charge in [0.25, 0.3) is 0 Å². The number of carbonyl (C=O) groups excluding carboxylic acids is 2. The summed E-state index contributed by atoms with van der Waals surface area (Å²) in [5.41, 5.74) is 0. The number of unbranched alkanes of at least 4 members (excludes halogenated alkanes) is 11. The molecule has 274 valence electrons. The third kappa shape index (κ3) is 26.7. The van der Waals surface area contributed by atoms with Crippen LogP contribution in [-0.2, 0) is 19.0 Å². The Kier molecular flexibility index (Phi) is 31.3. The van der Waals surface area contributed by atoms with Crippen LogP contribution in [0.2, 0.25) is 0 Å². The molecule has 46 heavy (non-hydrogen) atoms. The highest BCUT2D eigenvalue weighted by molar-refractivity contribution is 5.69. The Hall–Kier alpha value is -1.34. The SMILES string of the molecule is CCCCCCCCC(CCCCCC)COC(=O)CCC(CCCCCC)OC(=O)OCCN(CCCN(CC)CC)C(C)C. The molecule has 0 aliphatic carbocycles. The first-order chi connectivity index (χ1) is 22.3. The van der Waals surface area contributed by atoms with Gasteiger partial charge in [-0.3, -0.25) is 9.69 Å². The summed E-state index contributed by atoms with van der Waals surface area (Å²) in [6.45, 7) is 21.2. The van der Waals surface area contributed by atoms with Crippen molar-refractivity contribution in [3.63, 3.8) is 0 Å². The monoisotopic (exact) mass is 655 g/mol. The van der Waals surface area contributed by atoms with E-state index in [1.165, 1.54) is 64.2 Å². The van der Waals surface area contributed by atoms with E-state index in [4.69, 9.17) is 14.2 Å². The molecule has 0 amide bonds. The van der Waals surface area contributed by atoms with Crippen LogP contribution in [0.4, 0.5) is 4.79 Å². The molecule has 0 aliphatic rings. The van der Waals surface area contributed by atoms with Gasteiger partial charge in [0.05, 0.1) is 6.61 Å². The lowest BCUT2D eigenvalue weighted by molar-refractivity contribution is -0.146. The van der Waals surface area contributed by atoms with Crippen LogP contribution in [0.1, 0.15) is 177 Å². The van der Waals surface area contributed by atoms with Gasteiger partial charge in [0.2, 0.25) is 0 Å². The summed E-state index contributed by atoms with van der Waals surface area (Å²) in [6, 6.07) is 0.385. The van der Waals surface area contributed by atoms with Gasteiger partial charge in [0.1, 0.15) is 12.7 Å². The first-order valence-corrected chi connectivity index (χ1v) is 19.8. The van der Waals surface area contributed by atoms with E-state index in [0.717, 1.165) is 77.5 Å². The molecule has 0 fully saturated rings. The molecule has 7 heteroatoms. The lowest BCUT2D eigenvalue weighted by Crippen LogP contribution is -2.37. The van der Waals surface area contributed by atoms with E-state index in [0.29, 0.717) is 38.1 Å². The first kappa shape index (κ1) is 44.7. The van der Waals surface area contributed by atoms with E-state index in [2.05, 4.69) is 58.3 Å². The largest absolute Gasteiger partial charge is 0.508 e. The molecular weight excluding hydrogens is 576 g/mol. The van der Waals surface area contributed by atoms with Gasteiger partial charge in [0.15, 0.2) is 0 Å². The van der Waals surface area contributed by atoms with Crippen molar-refractivity contribution < 1.29 is 23.8 Å². The van der Waals surface area contributed by atoms with E-state index >= 15 is 0 Å². The molecule has 0 rings (SSSR count). The molecule has 0 saturated carbocycles. The zero-order valence-electron chi connectivity index (χ0n) is 31.8. The zero-order valence-corrected chi connectivity index (χ0v) is 31.8. The fourth-order valence-electron chi connectivity index (χ4n) is 6.09. The Morgan fingerprint density at radius 2 is 1.13 bits per heavy atom. The molecule has 2 unspecified atom stereocenters. The normalized spacial score (nSPS) is 13.0. The molecule has 0 aromatic heterocycles. The number of hydrogen-bond donors (Lipinski definition) is 0. The lowest BCUT2D eigenvalue weighted by Gasteiger charge is -2.27. The third-order valence-electron chi connectivity index (χ3n) is 9.37. The number of nitrogens with zero attached hydrogens (tertiary/aromatic N) is 2. The second kappa shape index (κ2) is 32.2. The van der Waals surface area contributed by atoms with Gasteiger partial charge in [-0.1, -0.05) is 118 Å². The standard InChI is InChI=1S/C39H78N2O5/c1-8-13-16-19-20-22-26-36(25-21-17-14-9-2)34-45-38(42)29-28-37(27-23-18-15-10-3)46-39(43)44-33-32-41(35(6)7)31-24-30-40(11-4)12-5/h35-37H,8-34H2,1-7H3. The quantitative estimate of drug-likeness (QED) is 0.0515. The number of esters is 1. The Morgan fingerprint density at radius 1 is 0.587 bits per heavy atom. The Balaban J connectivity index is 4.77. The molecule has 0 aromatic rings. The molecule has 0 aliphatic heterocycles. The van der Waals surface area contributed by atoms with Crippen LogP contribution < -0.4 is 0 Å². The predicted octanol–water partition coefficient (Wildman–Crippen LogP) is 10.6. The number of rotatable bonds is 33. The molecule has 0 aromatic carbocycles. The van der Waals surface area contributed by atoms with Crippen molar-refractivity contribution >= 4 is 12.1 Å². The second-order valence-electron chi connectivity index (χ2n) is 13.7. The molecule has 0 bridgehead atoms. The summed E-state index contributed by atoms with van der Waals surface area (Å²) >= 11 is 0. The summed E-state index contributed by atoms with van der Waals surface area (Å²) < 4.78 is 17.1. The Labute approximate surface area is 286 Å². The molecule has 0 saturated heterocycles. The summed E-state index contributed by atoms with van der Waals surface area (Å²) in [6.07, 6.45) is 21.1. The summed E-state index contributed by atoms with van der Waals surface area (Å²) in [5.74, 6) is 0.278. The van der Waals surface area contributed by atoms with Crippen LogP contribution in [0.15, 0.2) is 0 Å². The first-order valence-electron chi connectivity index (χ1n) is 19.8. The zero-order chi connectivity index (χ0) is 34.3. The van der Waals surface area contributed by atoms with Crippen molar-refractivity contribution in [1.82, 2.24) is 9.80 Å². The lowest BCUT2D eigenvalue weighted by atomic mass is 9.95. The number of hydrogen-bond acceptors (Lipinski definition) is 7. The molecule has 0 N–H and O–H groups in total. The highest BCUT2D eigenvalue weighted by Gasteiger charge is 2.20. The second-order valence-corrected chi connectivity index (χ2v) is 13.7. The van der Waals surface area contributed by atoms with Crippen molar-refractivity contribution in [3.05, 3.63) is 0 Å². The van der Waals surface area contributed by atoms with Gasteiger partial charge in [0, 0.05) is 19.0 Å². The number of ether oxygens (including phenoxy) is 3. The third-order valence-corrected chi connectivity index (χ3v) is 9.37.